The van der Waals surface area contributed by atoms with E-state index in [1.807, 2.05) is 0 Å². The molecule has 3 aromatic rings. The van der Waals surface area contributed by atoms with Gasteiger partial charge < -0.3 is 10.4 Å². The highest BCUT2D eigenvalue weighted by molar-refractivity contribution is 6.24. The number of carbonyl (C=O) groups is 2. The fourth-order valence-electron chi connectivity index (χ4n) is 5.65. The largest absolute Gasteiger partial charge is 0.509 e. The first-order chi connectivity index (χ1) is 20.7. The highest BCUT2D eigenvalue weighted by atomic mass is 19.4. The van der Waals surface area contributed by atoms with Gasteiger partial charge in [0.25, 0.3) is 11.8 Å². The number of amides is 2. The van der Waals surface area contributed by atoms with Crippen molar-refractivity contribution in [2.24, 2.45) is 0 Å². The summed E-state index contributed by atoms with van der Waals surface area (Å²) in [7, 11) is 0. The van der Waals surface area contributed by atoms with E-state index in [1.165, 1.54) is 29.3 Å². The van der Waals surface area contributed by atoms with Crippen LogP contribution in [0.15, 0.2) is 72.1 Å². The number of aliphatic hydroxyl groups excluding tert-OH is 1. The third kappa shape index (κ3) is 5.61. The molecule has 2 N–H and O–H groups in total. The number of anilines is 1. The quantitative estimate of drug-likeness (QED) is 0.231. The van der Waals surface area contributed by atoms with Crippen LogP contribution in [0.3, 0.4) is 0 Å². The predicted molar refractivity (Wildman–Crippen MR) is 144 cm³/mol. The molecule has 44 heavy (non-hydrogen) atoms. The number of pyridine rings is 1. The lowest BCUT2D eigenvalue weighted by Gasteiger charge is -2.47. The lowest BCUT2D eigenvalue weighted by molar-refractivity contribution is -0.162. The molecule has 2 aliphatic heterocycles. The number of halogens is 7. The summed E-state index contributed by atoms with van der Waals surface area (Å²) >= 11 is 0. The minimum atomic E-state index is -4.82. The molecule has 2 aliphatic rings. The van der Waals surface area contributed by atoms with Crippen LogP contribution in [0.1, 0.15) is 43.0 Å². The van der Waals surface area contributed by atoms with Gasteiger partial charge in [0, 0.05) is 29.6 Å². The molecule has 0 saturated carbocycles. The van der Waals surface area contributed by atoms with E-state index in [9.17, 15) is 45.4 Å². The van der Waals surface area contributed by atoms with Gasteiger partial charge in [-0.15, -0.1) is 0 Å². The van der Waals surface area contributed by atoms with Crippen molar-refractivity contribution < 1.29 is 45.4 Å². The first-order valence-electron chi connectivity index (χ1n) is 13.5. The third-order valence-corrected chi connectivity index (χ3v) is 7.89. The number of rotatable bonds is 6. The Kier molecular flexibility index (Phi) is 7.91. The number of aromatic nitrogens is 1. The normalized spacial score (nSPS) is 19.4. The number of benzene rings is 2. The van der Waals surface area contributed by atoms with Gasteiger partial charge in [-0.3, -0.25) is 19.6 Å². The highest BCUT2D eigenvalue weighted by Crippen LogP contribution is 2.45. The molecule has 0 radical (unpaired) electrons. The molecule has 1 saturated heterocycles. The highest BCUT2D eigenvalue weighted by Gasteiger charge is 2.54. The number of hydrogen-bond acceptors (Lipinski definition) is 5. The van der Waals surface area contributed by atoms with Gasteiger partial charge in [-0.1, -0.05) is 25.1 Å². The molecule has 0 aliphatic carbocycles. The summed E-state index contributed by atoms with van der Waals surface area (Å²) in [4.78, 5) is 30.8. The molecule has 3 heterocycles. The zero-order valence-electron chi connectivity index (χ0n) is 23.1. The van der Waals surface area contributed by atoms with Crippen molar-refractivity contribution in [2.75, 3.05) is 11.9 Å². The molecule has 2 aromatic carbocycles. The number of aliphatic hydroxyl groups is 1. The van der Waals surface area contributed by atoms with Gasteiger partial charge in [0.1, 0.15) is 22.8 Å². The minimum Gasteiger partial charge on any atom is -0.509 e. The van der Waals surface area contributed by atoms with Gasteiger partial charge >= 0.3 is 12.4 Å². The summed E-state index contributed by atoms with van der Waals surface area (Å²) in [5.74, 6) is -3.01. The maximum Gasteiger partial charge on any atom is 0.433 e. The van der Waals surface area contributed by atoms with E-state index in [0.29, 0.717) is 49.6 Å². The van der Waals surface area contributed by atoms with Crippen molar-refractivity contribution in [1.29, 1.82) is 0 Å². The molecule has 0 spiro atoms. The first kappa shape index (κ1) is 31.0. The first-order valence-corrected chi connectivity index (χ1v) is 13.5. The standard InChI is InChI=1S/C30H25F7N4O3/c1-2-28-12-3-13-41(28)40(16-17-4-8-20(31)9-5-17)27(44)24(25(28)42)26(43)39-22-10-7-19(29(32,33)34)14-21(22)18-6-11-23(38-15-18)30(35,36)37/h4-11,14-15,42H,2-3,12-13,16H2,1H3,(H,39,43). The zero-order chi connectivity index (χ0) is 32.0. The number of carbonyl (C=O) groups excluding carboxylic acids is 2. The summed E-state index contributed by atoms with van der Waals surface area (Å²) in [5.41, 5.74) is -4.37. The summed E-state index contributed by atoms with van der Waals surface area (Å²) in [5, 5.41) is 16.7. The fraction of sp³-hybridized carbons (Fsp3) is 0.300. The van der Waals surface area contributed by atoms with E-state index in [4.69, 9.17) is 0 Å². The third-order valence-electron chi connectivity index (χ3n) is 7.89. The SMILES string of the molecule is CCC12CCCN1N(Cc1ccc(F)cc1)C(=O)C(C(=O)Nc1ccc(C(F)(F)F)cc1-c1ccc(C(F)(F)F)nc1)=C2O. The van der Waals surface area contributed by atoms with Crippen LogP contribution in [0, 0.1) is 5.82 Å². The number of nitrogens with one attached hydrogen (secondary N) is 1. The van der Waals surface area contributed by atoms with Crippen LogP contribution >= 0.6 is 0 Å². The average molecular weight is 623 g/mol. The van der Waals surface area contributed by atoms with E-state index in [1.54, 1.807) is 11.9 Å². The minimum absolute atomic E-state index is 0.0618. The summed E-state index contributed by atoms with van der Waals surface area (Å²) in [6.45, 7) is 2.08. The Morgan fingerprint density at radius 2 is 1.73 bits per heavy atom. The van der Waals surface area contributed by atoms with Crippen LogP contribution in [0.4, 0.5) is 36.4 Å². The molecule has 1 atom stereocenters. The Balaban J connectivity index is 1.55. The summed E-state index contributed by atoms with van der Waals surface area (Å²) in [6, 6.07) is 9.09. The lowest BCUT2D eigenvalue weighted by atomic mass is 9.86. The fourth-order valence-corrected chi connectivity index (χ4v) is 5.65. The van der Waals surface area contributed by atoms with Crippen molar-refractivity contribution >= 4 is 17.5 Å². The van der Waals surface area contributed by atoms with Gasteiger partial charge in [0.15, 0.2) is 0 Å². The Labute approximate surface area is 246 Å². The van der Waals surface area contributed by atoms with Crippen molar-refractivity contribution in [3.05, 3.63) is 94.8 Å². The molecule has 14 heteroatoms. The molecule has 2 amide bonds. The molecule has 5 rings (SSSR count). The van der Waals surface area contributed by atoms with E-state index < -0.39 is 58.1 Å². The predicted octanol–water partition coefficient (Wildman–Crippen LogP) is 6.88. The maximum atomic E-state index is 13.8. The number of alkyl halides is 6. The number of hydrogen-bond donors (Lipinski definition) is 2. The zero-order valence-corrected chi connectivity index (χ0v) is 23.1. The second kappa shape index (κ2) is 11.2. The van der Waals surface area contributed by atoms with Crippen LogP contribution in [0.5, 0.6) is 0 Å². The van der Waals surface area contributed by atoms with Gasteiger partial charge in [-0.05, 0) is 61.2 Å². The molecule has 7 nitrogen and oxygen atoms in total. The second-order valence-electron chi connectivity index (χ2n) is 10.5. The smallest absolute Gasteiger partial charge is 0.433 e. The lowest BCUT2D eigenvalue weighted by Crippen LogP contribution is -2.61. The van der Waals surface area contributed by atoms with Crippen molar-refractivity contribution in [3.63, 3.8) is 0 Å². The van der Waals surface area contributed by atoms with Gasteiger partial charge in [0.2, 0.25) is 0 Å². The molecule has 1 aromatic heterocycles. The summed E-state index contributed by atoms with van der Waals surface area (Å²) < 4.78 is 93.4. The van der Waals surface area contributed by atoms with E-state index in [2.05, 4.69) is 10.3 Å². The number of nitrogens with zero attached hydrogens (tertiary/aromatic N) is 3. The Hall–Kier alpha value is -4.46. The maximum absolute atomic E-state index is 13.8. The van der Waals surface area contributed by atoms with Gasteiger partial charge in [0.05, 0.1) is 17.6 Å². The number of fused-ring (bicyclic) bond motifs is 1. The number of hydrazine groups is 1. The van der Waals surface area contributed by atoms with E-state index in [-0.39, 0.29) is 23.4 Å². The van der Waals surface area contributed by atoms with Crippen molar-refractivity contribution in [2.45, 2.75) is 50.6 Å². The van der Waals surface area contributed by atoms with Crippen LogP contribution in [-0.4, -0.2) is 44.0 Å². The van der Waals surface area contributed by atoms with Crippen molar-refractivity contribution in [3.8, 4) is 11.1 Å². The molecular weight excluding hydrogens is 597 g/mol. The Bertz CT molecular complexity index is 1620. The molecule has 1 unspecified atom stereocenters. The van der Waals surface area contributed by atoms with Gasteiger partial charge in [-0.25, -0.2) is 9.40 Å². The monoisotopic (exact) mass is 622 g/mol. The van der Waals surface area contributed by atoms with Crippen LogP contribution in [0.25, 0.3) is 11.1 Å². The Morgan fingerprint density at radius 1 is 1.02 bits per heavy atom. The van der Waals surface area contributed by atoms with Crippen molar-refractivity contribution in [1.82, 2.24) is 15.0 Å². The molecular formula is C30H25F7N4O3. The van der Waals surface area contributed by atoms with Crippen LogP contribution in [-0.2, 0) is 28.5 Å². The average Bonchev–Trinajstić information content (AvgIpc) is 3.41. The molecule has 1 fully saturated rings. The van der Waals surface area contributed by atoms with Gasteiger partial charge in [-0.2, -0.15) is 26.3 Å². The molecule has 0 bridgehead atoms. The summed E-state index contributed by atoms with van der Waals surface area (Å²) in [6.07, 6.45) is -7.63. The molecule has 232 valence electrons. The topological polar surface area (TPSA) is 85.8 Å². The Morgan fingerprint density at radius 3 is 2.32 bits per heavy atom. The van der Waals surface area contributed by atoms with Crippen LogP contribution < -0.4 is 5.32 Å². The van der Waals surface area contributed by atoms with E-state index in [0.717, 1.165) is 18.3 Å². The van der Waals surface area contributed by atoms with Crippen LogP contribution in [0.2, 0.25) is 0 Å². The second-order valence-corrected chi connectivity index (χ2v) is 10.5. The van der Waals surface area contributed by atoms with E-state index >= 15 is 0 Å².